The van der Waals surface area contributed by atoms with Crippen molar-refractivity contribution in [3.8, 4) is 0 Å². The van der Waals surface area contributed by atoms with Crippen LogP contribution in [0.15, 0.2) is 15.3 Å². The third-order valence-electron chi connectivity index (χ3n) is 6.68. The molecule has 1 atom stereocenters. The summed E-state index contributed by atoms with van der Waals surface area (Å²) in [5.41, 5.74) is 4.53. The number of nitrogens with zero attached hydrogens (tertiary/aromatic N) is 1. The van der Waals surface area contributed by atoms with Crippen LogP contribution < -0.4 is 15.8 Å². The highest BCUT2D eigenvalue weighted by Gasteiger charge is 2.28. The van der Waals surface area contributed by atoms with Crippen molar-refractivity contribution >= 4 is 57.5 Å². The normalized spacial score (nSPS) is 15.2. The molecule has 1 unspecified atom stereocenters. The molecule has 0 spiro atoms. The Morgan fingerprint density at radius 3 is 2.68 bits per heavy atom. The number of hydrogen-bond acceptors (Lipinski definition) is 10. The maximum Gasteiger partial charge on any atom is 0.340 e. The summed E-state index contributed by atoms with van der Waals surface area (Å²) >= 11 is 1.51. The number of ether oxygens (including phenoxy) is 2. The van der Waals surface area contributed by atoms with Gasteiger partial charge in [0, 0.05) is 29.7 Å². The van der Waals surface area contributed by atoms with Crippen molar-refractivity contribution in [2.75, 3.05) is 44.4 Å². The molecule has 1 amide bonds. The second-order valence-electron chi connectivity index (χ2n) is 9.29. The van der Waals surface area contributed by atoms with E-state index < -0.39 is 42.7 Å². The summed E-state index contributed by atoms with van der Waals surface area (Å²) in [6.45, 7) is 2.21. The van der Waals surface area contributed by atoms with Crippen molar-refractivity contribution < 1.29 is 41.5 Å². The SMILES string of the molecule is Cc1c(CC(=O)NC(COOI)COC(=O)COCC(=O)O)c(=O)oc2c3c4c(cc12)CCCN4CCC3. The van der Waals surface area contributed by atoms with Crippen molar-refractivity contribution in [3.05, 3.63) is 38.7 Å². The topological polar surface area (TPSA) is 154 Å². The highest BCUT2D eigenvalue weighted by molar-refractivity contribution is 14.1. The van der Waals surface area contributed by atoms with E-state index in [0.717, 1.165) is 49.7 Å². The van der Waals surface area contributed by atoms with E-state index >= 15 is 0 Å². The molecule has 0 bridgehead atoms. The lowest BCUT2D eigenvalue weighted by Crippen LogP contribution is -2.43. The molecule has 2 aliphatic rings. The number of esters is 1. The van der Waals surface area contributed by atoms with Gasteiger partial charge in [-0.15, -0.1) is 0 Å². The van der Waals surface area contributed by atoms with E-state index in [0.29, 0.717) is 11.1 Å². The van der Waals surface area contributed by atoms with Crippen LogP contribution >= 0.6 is 23.0 Å². The summed E-state index contributed by atoms with van der Waals surface area (Å²) in [7, 11) is 0. The van der Waals surface area contributed by atoms with Gasteiger partial charge in [-0.05, 0) is 49.8 Å². The number of nitrogens with one attached hydrogen (secondary N) is 1. The lowest BCUT2D eigenvalue weighted by atomic mass is 9.88. The Balaban J connectivity index is 1.48. The zero-order valence-corrected chi connectivity index (χ0v) is 23.0. The van der Waals surface area contributed by atoms with Crippen molar-refractivity contribution in [3.63, 3.8) is 0 Å². The monoisotopic (exact) mass is 644 g/mol. The van der Waals surface area contributed by atoms with Crippen LogP contribution in [-0.4, -0.2) is 68.5 Å². The highest BCUT2D eigenvalue weighted by Crippen LogP contribution is 2.40. The van der Waals surface area contributed by atoms with Gasteiger partial charge in [-0.1, -0.05) is 0 Å². The van der Waals surface area contributed by atoms with E-state index in [-0.39, 0.29) is 25.2 Å². The summed E-state index contributed by atoms with van der Waals surface area (Å²) in [5.74, 6) is -2.52. The molecule has 0 radical (unpaired) electrons. The van der Waals surface area contributed by atoms with E-state index in [1.807, 2.05) is 6.92 Å². The first kappa shape index (κ1) is 28.3. The second-order valence-corrected chi connectivity index (χ2v) is 9.64. The maximum absolute atomic E-state index is 13.0. The predicted octanol–water partition coefficient (Wildman–Crippen LogP) is 1.77. The molecule has 0 aliphatic carbocycles. The van der Waals surface area contributed by atoms with Gasteiger partial charge >= 0.3 is 17.6 Å². The minimum atomic E-state index is -1.22. The minimum absolute atomic E-state index is 0.144. The number of anilines is 1. The zero-order chi connectivity index (χ0) is 27.2. The van der Waals surface area contributed by atoms with Crippen molar-refractivity contribution in [2.45, 2.75) is 45.1 Å². The fourth-order valence-corrected chi connectivity index (χ4v) is 5.18. The Hall–Kier alpha value is -2.75. The van der Waals surface area contributed by atoms with Crippen LogP contribution in [-0.2, 0) is 51.2 Å². The number of carboxylic acid groups (broad SMARTS) is 1. The standard InChI is InChI=1S/C25H29IN2O10/c1-14-18-8-15-4-2-6-28-7-3-5-17(23(15)28)24(18)37-25(33)19(14)9-20(29)27-16(11-36-38-26)10-35-22(32)13-34-12-21(30)31/h8,16H,2-7,9-13H2,1H3,(H,27,29)(H,30,31). The summed E-state index contributed by atoms with van der Waals surface area (Å²) in [4.78, 5) is 55.4. The summed E-state index contributed by atoms with van der Waals surface area (Å²) < 4.78 is 20.1. The fourth-order valence-electron chi connectivity index (χ4n) is 5.04. The Kier molecular flexibility index (Phi) is 9.57. The lowest BCUT2D eigenvalue weighted by Gasteiger charge is -2.37. The number of rotatable bonds is 12. The molecule has 38 heavy (non-hydrogen) atoms. The van der Waals surface area contributed by atoms with Gasteiger partial charge in [-0.3, -0.25) is 4.79 Å². The third-order valence-corrected chi connectivity index (χ3v) is 6.93. The summed E-state index contributed by atoms with van der Waals surface area (Å²) in [6.07, 6.45) is 3.64. The average molecular weight is 644 g/mol. The van der Waals surface area contributed by atoms with Crippen LogP contribution in [0.4, 0.5) is 5.69 Å². The average Bonchev–Trinajstić information content (AvgIpc) is 2.89. The number of amides is 1. The van der Waals surface area contributed by atoms with Gasteiger partial charge in [0.05, 0.1) is 18.0 Å². The number of fused-ring (bicyclic) bond motifs is 2. The molecule has 0 fully saturated rings. The number of aliphatic carboxylic acids is 1. The molecule has 4 rings (SSSR count). The van der Waals surface area contributed by atoms with Crippen LogP contribution in [0.25, 0.3) is 11.0 Å². The Morgan fingerprint density at radius 1 is 1.18 bits per heavy atom. The van der Waals surface area contributed by atoms with E-state index in [9.17, 15) is 19.2 Å². The number of carbonyl (C=O) groups excluding carboxylic acids is 2. The van der Waals surface area contributed by atoms with Crippen molar-refractivity contribution in [2.24, 2.45) is 0 Å². The molecular formula is C25H29IN2O10. The van der Waals surface area contributed by atoms with E-state index in [1.165, 1.54) is 34.3 Å². The highest BCUT2D eigenvalue weighted by atomic mass is 127. The number of carbonyl (C=O) groups is 3. The molecule has 13 heteroatoms. The van der Waals surface area contributed by atoms with Gasteiger partial charge < -0.3 is 29.2 Å². The Labute approximate surface area is 232 Å². The molecule has 1 aromatic carbocycles. The van der Waals surface area contributed by atoms with Gasteiger partial charge in [0.2, 0.25) is 5.91 Å². The number of hydrogen-bond donors (Lipinski definition) is 2. The number of halogens is 1. The molecule has 0 saturated carbocycles. The molecule has 206 valence electrons. The number of benzene rings is 1. The van der Waals surface area contributed by atoms with Gasteiger partial charge in [0.25, 0.3) is 0 Å². The summed E-state index contributed by atoms with van der Waals surface area (Å²) in [6, 6.07) is 1.29. The maximum atomic E-state index is 13.0. The first-order valence-electron chi connectivity index (χ1n) is 12.3. The quantitative estimate of drug-likeness (QED) is 0.114. The number of carboxylic acids is 1. The third kappa shape index (κ3) is 6.62. The largest absolute Gasteiger partial charge is 0.480 e. The second kappa shape index (κ2) is 12.9. The first-order chi connectivity index (χ1) is 18.3. The van der Waals surface area contributed by atoms with Crippen LogP contribution in [0.5, 0.6) is 0 Å². The molecule has 3 heterocycles. The lowest BCUT2D eigenvalue weighted by molar-refractivity contribution is -0.178. The van der Waals surface area contributed by atoms with E-state index in [1.54, 1.807) is 0 Å². The van der Waals surface area contributed by atoms with E-state index in [2.05, 4.69) is 24.2 Å². The minimum Gasteiger partial charge on any atom is -0.480 e. The van der Waals surface area contributed by atoms with Gasteiger partial charge in [0.15, 0.2) is 23.0 Å². The zero-order valence-electron chi connectivity index (χ0n) is 20.9. The van der Waals surface area contributed by atoms with Gasteiger partial charge in [-0.25, -0.2) is 19.3 Å². The van der Waals surface area contributed by atoms with Crippen LogP contribution in [0, 0.1) is 6.92 Å². The van der Waals surface area contributed by atoms with Crippen molar-refractivity contribution in [1.29, 1.82) is 0 Å². The Bertz CT molecular complexity index is 1280. The molecule has 2 aromatic rings. The first-order valence-corrected chi connectivity index (χ1v) is 13.2. The molecule has 0 saturated heterocycles. The van der Waals surface area contributed by atoms with Gasteiger partial charge in [-0.2, -0.15) is 3.22 Å². The summed E-state index contributed by atoms with van der Waals surface area (Å²) in [5, 5.41) is 12.1. The molecule has 1 aromatic heterocycles. The molecule has 12 nitrogen and oxygen atoms in total. The van der Waals surface area contributed by atoms with Crippen LogP contribution in [0.2, 0.25) is 0 Å². The van der Waals surface area contributed by atoms with E-state index in [4.69, 9.17) is 19.1 Å². The van der Waals surface area contributed by atoms with Crippen LogP contribution in [0.3, 0.4) is 0 Å². The van der Waals surface area contributed by atoms with Gasteiger partial charge in [0.1, 0.15) is 32.0 Å². The number of aryl methyl sites for hydroxylation is 3. The molecule has 2 N–H and O–H groups in total. The smallest absolute Gasteiger partial charge is 0.340 e. The molecular weight excluding hydrogens is 615 g/mol. The fraction of sp³-hybridized carbons (Fsp3) is 0.520. The Morgan fingerprint density at radius 2 is 1.95 bits per heavy atom. The predicted molar refractivity (Wildman–Crippen MR) is 142 cm³/mol. The van der Waals surface area contributed by atoms with Crippen molar-refractivity contribution in [1.82, 2.24) is 5.32 Å². The van der Waals surface area contributed by atoms with Crippen LogP contribution in [0.1, 0.15) is 35.1 Å². The molecule has 2 aliphatic heterocycles.